The molecule has 7 heteroatoms. The van der Waals surface area contributed by atoms with Crippen molar-refractivity contribution in [3.63, 3.8) is 0 Å². The number of ether oxygens (including phenoxy) is 2. The molecule has 3 atom stereocenters. The number of fused-ring (bicyclic) bond motifs is 3. The second kappa shape index (κ2) is 9.21. The zero-order valence-corrected chi connectivity index (χ0v) is 20.8. The highest BCUT2D eigenvalue weighted by atomic mass is 79.9. The first-order valence-corrected chi connectivity index (χ1v) is 12.2. The molecule has 1 heterocycles. The van der Waals surface area contributed by atoms with Crippen LogP contribution in [0.25, 0.3) is 0 Å². The van der Waals surface area contributed by atoms with Gasteiger partial charge in [0.15, 0.2) is 11.5 Å². The van der Waals surface area contributed by atoms with Gasteiger partial charge < -0.3 is 14.8 Å². The number of methoxy groups -OCH3 is 1. The molecule has 0 saturated carbocycles. The molecule has 0 bridgehead atoms. The van der Waals surface area contributed by atoms with E-state index in [0.717, 1.165) is 33.3 Å². The van der Waals surface area contributed by atoms with E-state index >= 15 is 0 Å². The summed E-state index contributed by atoms with van der Waals surface area (Å²) in [5, 5.41) is 4.62. The van der Waals surface area contributed by atoms with E-state index in [2.05, 4.69) is 39.5 Å². The molecular formula is C26H21BrCl2FNO2. The van der Waals surface area contributed by atoms with E-state index in [0.29, 0.717) is 34.1 Å². The van der Waals surface area contributed by atoms with Gasteiger partial charge in [0.05, 0.1) is 27.7 Å². The summed E-state index contributed by atoms with van der Waals surface area (Å²) < 4.78 is 26.5. The van der Waals surface area contributed by atoms with Crippen LogP contribution in [0.3, 0.4) is 0 Å². The van der Waals surface area contributed by atoms with Crippen LogP contribution in [-0.2, 0) is 6.61 Å². The van der Waals surface area contributed by atoms with Crippen molar-refractivity contribution in [3.8, 4) is 11.5 Å². The van der Waals surface area contributed by atoms with E-state index in [4.69, 9.17) is 32.7 Å². The molecule has 1 aliphatic heterocycles. The maximum Gasteiger partial charge on any atom is 0.175 e. The molecule has 0 aromatic heterocycles. The molecule has 0 amide bonds. The Morgan fingerprint density at radius 1 is 1.09 bits per heavy atom. The van der Waals surface area contributed by atoms with Crippen LogP contribution in [0, 0.1) is 11.7 Å². The highest BCUT2D eigenvalue weighted by molar-refractivity contribution is 9.10. The predicted molar refractivity (Wildman–Crippen MR) is 134 cm³/mol. The minimum Gasteiger partial charge on any atom is -0.493 e. The Bertz CT molecular complexity index is 1250. The average molecular weight is 549 g/mol. The largest absolute Gasteiger partial charge is 0.493 e. The first-order valence-electron chi connectivity index (χ1n) is 10.6. The Hall–Kier alpha value is -2.21. The van der Waals surface area contributed by atoms with Crippen molar-refractivity contribution >= 4 is 44.8 Å². The van der Waals surface area contributed by atoms with Crippen molar-refractivity contribution in [1.82, 2.24) is 0 Å². The lowest BCUT2D eigenvalue weighted by Gasteiger charge is -2.37. The van der Waals surface area contributed by atoms with Gasteiger partial charge in [0, 0.05) is 11.6 Å². The van der Waals surface area contributed by atoms with Crippen molar-refractivity contribution in [1.29, 1.82) is 0 Å². The molecule has 2 aliphatic rings. The second-order valence-electron chi connectivity index (χ2n) is 8.28. The number of nitrogens with one attached hydrogen (secondary N) is 1. The van der Waals surface area contributed by atoms with Gasteiger partial charge in [-0.2, -0.15) is 0 Å². The van der Waals surface area contributed by atoms with Crippen molar-refractivity contribution in [3.05, 3.63) is 97.7 Å². The number of rotatable bonds is 5. The highest BCUT2D eigenvalue weighted by Crippen LogP contribution is 2.51. The Kier molecular flexibility index (Phi) is 6.30. The van der Waals surface area contributed by atoms with Crippen LogP contribution in [0.2, 0.25) is 10.0 Å². The molecule has 3 aromatic rings. The molecule has 0 saturated heterocycles. The van der Waals surface area contributed by atoms with Crippen molar-refractivity contribution < 1.29 is 13.9 Å². The van der Waals surface area contributed by atoms with E-state index < -0.39 is 0 Å². The van der Waals surface area contributed by atoms with E-state index in [-0.39, 0.29) is 17.8 Å². The molecule has 3 aromatic carbocycles. The SMILES string of the molecule is COc1cc([C@@H]2Nc3ccc(F)cc3[C@@H]3C=CC[C@@H]32)cc(Br)c1OCc1ccc(Cl)c(Cl)c1. The topological polar surface area (TPSA) is 30.5 Å². The smallest absolute Gasteiger partial charge is 0.175 e. The minimum absolute atomic E-state index is 0.0530. The van der Waals surface area contributed by atoms with Crippen LogP contribution < -0.4 is 14.8 Å². The summed E-state index contributed by atoms with van der Waals surface area (Å²) in [4.78, 5) is 0. The zero-order chi connectivity index (χ0) is 23.1. The van der Waals surface area contributed by atoms with Crippen LogP contribution in [0.15, 0.2) is 65.2 Å². The lowest BCUT2D eigenvalue weighted by Crippen LogP contribution is -2.29. The third-order valence-electron chi connectivity index (χ3n) is 6.30. The quantitative estimate of drug-likeness (QED) is 0.325. The first kappa shape index (κ1) is 22.6. The third-order valence-corrected chi connectivity index (χ3v) is 7.63. The normalized spacial score (nSPS) is 20.7. The second-order valence-corrected chi connectivity index (χ2v) is 9.95. The van der Waals surface area contributed by atoms with Gasteiger partial charge in [-0.3, -0.25) is 0 Å². The number of benzene rings is 3. The van der Waals surface area contributed by atoms with Crippen LogP contribution in [-0.4, -0.2) is 7.11 Å². The van der Waals surface area contributed by atoms with E-state index in [1.807, 2.05) is 18.2 Å². The Balaban J connectivity index is 1.44. The molecule has 170 valence electrons. The molecule has 0 unspecified atom stereocenters. The van der Waals surface area contributed by atoms with E-state index in [1.54, 1.807) is 25.3 Å². The van der Waals surface area contributed by atoms with Gasteiger partial charge in [-0.1, -0.05) is 41.4 Å². The van der Waals surface area contributed by atoms with Gasteiger partial charge in [-0.05, 0) is 87.4 Å². The molecule has 3 nitrogen and oxygen atoms in total. The summed E-state index contributed by atoms with van der Waals surface area (Å²) in [7, 11) is 1.63. The molecule has 5 rings (SSSR count). The van der Waals surface area contributed by atoms with Crippen LogP contribution in [0.5, 0.6) is 11.5 Å². The van der Waals surface area contributed by atoms with Gasteiger partial charge >= 0.3 is 0 Å². The molecular weight excluding hydrogens is 528 g/mol. The fourth-order valence-corrected chi connectivity index (χ4v) is 5.63. The van der Waals surface area contributed by atoms with Crippen LogP contribution in [0.1, 0.15) is 35.1 Å². The summed E-state index contributed by atoms with van der Waals surface area (Å²) >= 11 is 15.8. The molecule has 0 fully saturated rings. The Morgan fingerprint density at radius 2 is 1.94 bits per heavy atom. The maximum absolute atomic E-state index is 13.9. The van der Waals surface area contributed by atoms with Crippen molar-refractivity contribution in [2.45, 2.75) is 25.0 Å². The van der Waals surface area contributed by atoms with Crippen molar-refractivity contribution in [2.24, 2.45) is 5.92 Å². The van der Waals surface area contributed by atoms with Gasteiger partial charge in [0.2, 0.25) is 0 Å². The standard InChI is InChI=1S/C26H21BrCl2FNO2/c1-32-24-11-15(10-20(27)26(24)33-13-14-5-7-21(28)22(29)9-14)25-18-4-2-3-17(18)19-12-16(30)6-8-23(19)31-25/h2-3,5-12,17-18,25,31H,4,13H2,1H3/t17-,18+,25+/m1/s1. The van der Waals surface area contributed by atoms with Gasteiger partial charge in [0.1, 0.15) is 12.4 Å². The first-order chi connectivity index (χ1) is 15.9. The fraction of sp³-hybridized carbons (Fsp3) is 0.231. The van der Waals surface area contributed by atoms with Crippen molar-refractivity contribution in [2.75, 3.05) is 12.4 Å². The minimum atomic E-state index is -0.207. The number of anilines is 1. The molecule has 0 radical (unpaired) electrons. The Labute approximate surface area is 210 Å². The summed E-state index contributed by atoms with van der Waals surface area (Å²) in [5.41, 5.74) is 3.95. The summed E-state index contributed by atoms with van der Waals surface area (Å²) in [6.45, 7) is 0.320. The van der Waals surface area contributed by atoms with Gasteiger partial charge in [-0.25, -0.2) is 4.39 Å². The van der Waals surface area contributed by atoms with E-state index in [9.17, 15) is 4.39 Å². The van der Waals surface area contributed by atoms with Gasteiger partial charge in [0.25, 0.3) is 0 Å². The maximum atomic E-state index is 13.9. The number of hydrogen-bond acceptors (Lipinski definition) is 3. The molecule has 1 aliphatic carbocycles. The summed E-state index contributed by atoms with van der Waals surface area (Å²) in [6, 6.07) is 14.5. The zero-order valence-electron chi connectivity index (χ0n) is 17.7. The monoisotopic (exact) mass is 547 g/mol. The van der Waals surface area contributed by atoms with Crippen LogP contribution >= 0.6 is 39.1 Å². The number of halogens is 4. The molecule has 1 N–H and O–H groups in total. The predicted octanol–water partition coefficient (Wildman–Crippen LogP) is 8.31. The molecule has 0 spiro atoms. The van der Waals surface area contributed by atoms with E-state index in [1.165, 1.54) is 6.07 Å². The number of hydrogen-bond donors (Lipinski definition) is 1. The molecule has 33 heavy (non-hydrogen) atoms. The fourth-order valence-electron chi connectivity index (χ4n) is 4.74. The Morgan fingerprint density at radius 3 is 2.73 bits per heavy atom. The highest BCUT2D eigenvalue weighted by Gasteiger charge is 2.38. The summed E-state index contributed by atoms with van der Waals surface area (Å²) in [6.07, 6.45) is 5.30. The number of allylic oxidation sites excluding steroid dienone is 2. The lowest BCUT2D eigenvalue weighted by molar-refractivity contribution is 0.282. The average Bonchev–Trinajstić information content (AvgIpc) is 3.30. The lowest BCUT2D eigenvalue weighted by atomic mass is 9.77. The third kappa shape index (κ3) is 4.34. The van der Waals surface area contributed by atoms with Crippen LogP contribution in [0.4, 0.5) is 10.1 Å². The summed E-state index contributed by atoms with van der Waals surface area (Å²) in [5.74, 6) is 1.51. The van der Waals surface area contributed by atoms with Gasteiger partial charge in [-0.15, -0.1) is 0 Å².